The second kappa shape index (κ2) is 15.9. The minimum absolute atomic E-state index is 0.0819. The normalized spacial score (nSPS) is 18.4. The number of ether oxygens (including phenoxy) is 5. The van der Waals surface area contributed by atoms with E-state index in [2.05, 4.69) is 40.5 Å². The van der Waals surface area contributed by atoms with Crippen molar-refractivity contribution in [2.75, 3.05) is 71.2 Å². The summed E-state index contributed by atoms with van der Waals surface area (Å²) < 4.78 is 42.9. The minimum Gasteiger partial charge on any atom is -0.491 e. The van der Waals surface area contributed by atoms with E-state index in [-0.39, 0.29) is 11.9 Å². The van der Waals surface area contributed by atoms with E-state index in [1.165, 1.54) is 11.6 Å². The Bertz CT molecular complexity index is 1240. The first-order chi connectivity index (χ1) is 20.7. The minimum atomic E-state index is -0.187. The van der Waals surface area contributed by atoms with Crippen molar-refractivity contribution in [1.82, 2.24) is 5.32 Å². The van der Waals surface area contributed by atoms with Crippen LogP contribution < -0.4 is 19.7 Å². The molecular formula is C34H43FN2O5. The molecule has 226 valence electrons. The molecule has 0 unspecified atom stereocenters. The molecule has 0 amide bonds. The fraction of sp³-hybridized carbons (Fsp3) is 0.471. The summed E-state index contributed by atoms with van der Waals surface area (Å²) in [5.41, 5.74) is 4.23. The molecule has 0 radical (unpaired) electrons. The van der Waals surface area contributed by atoms with Crippen LogP contribution in [0.3, 0.4) is 0 Å². The van der Waals surface area contributed by atoms with Crippen LogP contribution in [0.1, 0.15) is 35.4 Å². The summed E-state index contributed by atoms with van der Waals surface area (Å²) in [6.07, 6.45) is 2.64. The maximum atomic E-state index is 13.7. The summed E-state index contributed by atoms with van der Waals surface area (Å²) >= 11 is 0. The quantitative estimate of drug-likeness (QED) is 0.244. The first kappa shape index (κ1) is 30.3. The van der Waals surface area contributed by atoms with Gasteiger partial charge in [-0.1, -0.05) is 36.4 Å². The molecule has 1 fully saturated rings. The van der Waals surface area contributed by atoms with Gasteiger partial charge in [0.25, 0.3) is 0 Å². The van der Waals surface area contributed by atoms with E-state index >= 15 is 0 Å². The Morgan fingerprint density at radius 1 is 1.00 bits per heavy atom. The molecule has 0 aromatic heterocycles. The molecule has 2 heterocycles. The Morgan fingerprint density at radius 3 is 2.74 bits per heavy atom. The number of nitrogens with zero attached hydrogens (tertiary/aromatic N) is 1. The third kappa shape index (κ3) is 8.44. The molecule has 2 atom stereocenters. The van der Waals surface area contributed by atoms with Crippen molar-refractivity contribution in [1.29, 1.82) is 0 Å². The van der Waals surface area contributed by atoms with Crippen LogP contribution in [0.15, 0.2) is 66.7 Å². The van der Waals surface area contributed by atoms with E-state index in [9.17, 15) is 4.39 Å². The first-order valence-electron chi connectivity index (χ1n) is 15.1. The van der Waals surface area contributed by atoms with Crippen LogP contribution in [0.5, 0.6) is 11.5 Å². The van der Waals surface area contributed by atoms with E-state index in [0.29, 0.717) is 50.9 Å². The van der Waals surface area contributed by atoms with Crippen molar-refractivity contribution in [2.45, 2.75) is 37.9 Å². The Hall–Kier alpha value is -3.17. The summed E-state index contributed by atoms with van der Waals surface area (Å²) in [5, 5.41) is 3.50. The van der Waals surface area contributed by atoms with E-state index in [1.54, 1.807) is 19.2 Å². The molecular weight excluding hydrogens is 535 g/mol. The fourth-order valence-electron chi connectivity index (χ4n) is 5.64. The van der Waals surface area contributed by atoms with Crippen molar-refractivity contribution in [2.24, 2.45) is 0 Å². The number of hydrogen-bond donors (Lipinski definition) is 1. The lowest BCUT2D eigenvalue weighted by atomic mass is 9.87. The van der Waals surface area contributed by atoms with Crippen LogP contribution in [0.25, 0.3) is 0 Å². The van der Waals surface area contributed by atoms with E-state index in [4.69, 9.17) is 23.7 Å². The highest BCUT2D eigenvalue weighted by Crippen LogP contribution is 2.34. The third-order valence-corrected chi connectivity index (χ3v) is 7.93. The zero-order valence-corrected chi connectivity index (χ0v) is 24.6. The molecule has 8 heteroatoms. The van der Waals surface area contributed by atoms with E-state index in [0.717, 1.165) is 68.4 Å². The number of fused-ring (bicyclic) bond motifs is 1. The second-order valence-electron chi connectivity index (χ2n) is 10.8. The van der Waals surface area contributed by atoms with Crippen LogP contribution in [0.4, 0.5) is 10.1 Å². The predicted molar refractivity (Wildman–Crippen MR) is 162 cm³/mol. The smallest absolute Gasteiger partial charge is 0.142 e. The molecule has 2 aliphatic heterocycles. The number of halogens is 1. The number of benzene rings is 3. The van der Waals surface area contributed by atoms with Crippen LogP contribution >= 0.6 is 0 Å². The van der Waals surface area contributed by atoms with Crippen molar-refractivity contribution in [3.63, 3.8) is 0 Å². The number of rotatable bonds is 15. The van der Waals surface area contributed by atoms with Gasteiger partial charge in [-0.15, -0.1) is 0 Å². The van der Waals surface area contributed by atoms with Gasteiger partial charge in [0, 0.05) is 32.7 Å². The molecule has 2 aliphatic rings. The average Bonchev–Trinajstić information content (AvgIpc) is 3.03. The summed E-state index contributed by atoms with van der Waals surface area (Å²) in [7, 11) is 1.75. The van der Waals surface area contributed by atoms with E-state index < -0.39 is 0 Å². The van der Waals surface area contributed by atoms with Gasteiger partial charge in [0.2, 0.25) is 0 Å². The fourth-order valence-corrected chi connectivity index (χ4v) is 5.64. The Morgan fingerprint density at radius 2 is 1.88 bits per heavy atom. The zero-order chi connectivity index (χ0) is 29.0. The lowest BCUT2D eigenvalue weighted by Gasteiger charge is -2.33. The van der Waals surface area contributed by atoms with Gasteiger partial charge in [-0.05, 0) is 72.8 Å². The van der Waals surface area contributed by atoms with Gasteiger partial charge in [0.1, 0.15) is 30.5 Å². The molecule has 1 saturated heterocycles. The van der Waals surface area contributed by atoms with Gasteiger partial charge < -0.3 is 33.9 Å². The molecule has 1 N–H and O–H groups in total. The standard InChI is InChI=1S/C34H43FN2O5/c1-38-18-4-16-37-17-20-41-33-12-7-26(23-32(33)37)25-42-34-24-36-15-13-30(34)27-8-10-29(11-9-27)40-22-21-39-19-14-28-5-2-3-6-31(28)35/h2-3,5-12,23,30,34,36H,4,13-22,24-25H2,1H3/t30-,34+/m1/s1. The zero-order valence-electron chi connectivity index (χ0n) is 24.6. The number of piperidine rings is 1. The monoisotopic (exact) mass is 578 g/mol. The van der Waals surface area contributed by atoms with Gasteiger partial charge >= 0.3 is 0 Å². The van der Waals surface area contributed by atoms with Crippen molar-refractivity contribution in [3.8, 4) is 11.5 Å². The molecule has 0 saturated carbocycles. The van der Waals surface area contributed by atoms with E-state index in [1.807, 2.05) is 18.2 Å². The SMILES string of the molecule is COCCCN1CCOc2ccc(CO[C@H]3CNCC[C@@H]3c3ccc(OCCOCCc4ccccc4F)cc3)cc21. The summed E-state index contributed by atoms with van der Waals surface area (Å²) in [6.45, 7) is 7.02. The molecule has 7 nitrogen and oxygen atoms in total. The Balaban J connectivity index is 1.09. The second-order valence-corrected chi connectivity index (χ2v) is 10.8. The summed E-state index contributed by atoms with van der Waals surface area (Å²) in [4.78, 5) is 2.38. The lowest BCUT2D eigenvalue weighted by molar-refractivity contribution is 0.0106. The van der Waals surface area contributed by atoms with Crippen molar-refractivity contribution < 1.29 is 28.1 Å². The maximum absolute atomic E-state index is 13.7. The van der Waals surface area contributed by atoms with Crippen LogP contribution in [-0.4, -0.2) is 72.4 Å². The highest BCUT2D eigenvalue weighted by molar-refractivity contribution is 5.61. The number of nitrogens with one attached hydrogen (secondary N) is 1. The molecule has 3 aromatic carbocycles. The largest absolute Gasteiger partial charge is 0.491 e. The van der Waals surface area contributed by atoms with Crippen molar-refractivity contribution >= 4 is 5.69 Å². The molecule has 5 rings (SSSR count). The predicted octanol–water partition coefficient (Wildman–Crippen LogP) is 5.36. The number of methoxy groups -OCH3 is 1. The molecule has 0 spiro atoms. The first-order valence-corrected chi connectivity index (χ1v) is 15.1. The van der Waals surface area contributed by atoms with Gasteiger partial charge in [-0.25, -0.2) is 4.39 Å². The highest BCUT2D eigenvalue weighted by atomic mass is 19.1. The Labute approximate surface area is 248 Å². The number of hydrogen-bond acceptors (Lipinski definition) is 7. The van der Waals surface area contributed by atoms with Crippen LogP contribution in [0, 0.1) is 5.82 Å². The van der Waals surface area contributed by atoms with Gasteiger partial charge in [-0.2, -0.15) is 0 Å². The van der Waals surface area contributed by atoms with Crippen LogP contribution in [0.2, 0.25) is 0 Å². The van der Waals surface area contributed by atoms with Gasteiger partial charge in [0.15, 0.2) is 0 Å². The lowest BCUT2D eigenvalue weighted by Crippen LogP contribution is -2.41. The van der Waals surface area contributed by atoms with Crippen molar-refractivity contribution in [3.05, 3.63) is 89.2 Å². The summed E-state index contributed by atoms with van der Waals surface area (Å²) in [5.74, 6) is 1.88. The topological polar surface area (TPSA) is 61.4 Å². The average molecular weight is 579 g/mol. The molecule has 0 aliphatic carbocycles. The van der Waals surface area contributed by atoms with Gasteiger partial charge in [0.05, 0.1) is 38.2 Å². The highest BCUT2D eigenvalue weighted by Gasteiger charge is 2.27. The molecule has 42 heavy (non-hydrogen) atoms. The third-order valence-electron chi connectivity index (χ3n) is 7.93. The van der Waals surface area contributed by atoms with Gasteiger partial charge in [-0.3, -0.25) is 0 Å². The molecule has 3 aromatic rings. The summed E-state index contributed by atoms with van der Waals surface area (Å²) in [6, 6.07) is 21.5. The Kier molecular flexibility index (Phi) is 11.5. The maximum Gasteiger partial charge on any atom is 0.142 e. The molecule has 0 bridgehead atoms. The van der Waals surface area contributed by atoms with Crippen LogP contribution in [-0.2, 0) is 27.2 Å². The number of anilines is 1.